The van der Waals surface area contributed by atoms with Gasteiger partial charge in [0.15, 0.2) is 0 Å². The molecule has 0 heterocycles. The molecule has 0 bridgehead atoms. The summed E-state index contributed by atoms with van der Waals surface area (Å²) in [4.78, 5) is 0. The van der Waals surface area contributed by atoms with Gasteiger partial charge in [0.1, 0.15) is 0 Å². The average Bonchev–Trinajstić information content (AvgIpc) is 2.85. The molecule has 0 amide bonds. The van der Waals surface area contributed by atoms with Gasteiger partial charge < -0.3 is 13.3 Å². The van der Waals surface area contributed by atoms with Crippen molar-refractivity contribution in [3.63, 3.8) is 0 Å². The minimum absolute atomic E-state index is 0.686. The summed E-state index contributed by atoms with van der Waals surface area (Å²) in [7, 11) is -2.40. The molecule has 0 saturated heterocycles. The molecule has 0 aliphatic carbocycles. The van der Waals surface area contributed by atoms with Gasteiger partial charge in [-0.1, -0.05) is 139 Å². The Hall–Kier alpha value is -0.683. The highest BCUT2D eigenvalue weighted by Gasteiger charge is 2.39. The molecule has 1 aromatic carbocycles. The van der Waals surface area contributed by atoms with Crippen molar-refractivity contribution in [2.24, 2.45) is 0 Å². The lowest BCUT2D eigenvalue weighted by Crippen LogP contribution is -2.45. The minimum atomic E-state index is -2.40. The molecule has 0 aliphatic heterocycles. The maximum absolute atomic E-state index is 5.93. The lowest BCUT2D eigenvalue weighted by Gasteiger charge is -2.28. The van der Waals surface area contributed by atoms with E-state index in [2.05, 4.69) is 26.0 Å². The predicted molar refractivity (Wildman–Crippen MR) is 156 cm³/mol. The summed E-state index contributed by atoms with van der Waals surface area (Å²) in [6.45, 7) is 12.5. The highest BCUT2D eigenvalue weighted by atomic mass is 28.4. The van der Waals surface area contributed by atoms with Crippen molar-refractivity contribution in [2.75, 3.05) is 19.8 Å². The van der Waals surface area contributed by atoms with Crippen LogP contribution >= 0.6 is 0 Å². The topological polar surface area (TPSA) is 27.7 Å². The fraction of sp³-hybridized carbons (Fsp3) is 0.806. The molecule has 0 atom stereocenters. The number of unbranched alkanes of at least 4 members (excludes halogenated alkanes) is 15. The van der Waals surface area contributed by atoms with Crippen LogP contribution in [0.2, 0.25) is 6.04 Å². The number of aryl methyl sites for hydroxylation is 1. The predicted octanol–water partition coefficient (Wildman–Crippen LogP) is 10.3. The molecule has 35 heavy (non-hydrogen) atoms. The zero-order valence-electron chi connectivity index (χ0n) is 24.3. The van der Waals surface area contributed by atoms with Gasteiger partial charge in [0.05, 0.1) is 0 Å². The first-order chi connectivity index (χ1) is 17.1. The Morgan fingerprint density at radius 3 is 1.11 bits per heavy atom. The highest BCUT2D eigenvalue weighted by Crippen LogP contribution is 2.21. The Balaban J connectivity index is 0.00000140. The van der Waals surface area contributed by atoms with Gasteiger partial charge in [0, 0.05) is 25.9 Å². The van der Waals surface area contributed by atoms with Crippen LogP contribution in [0.4, 0.5) is 0 Å². The Labute approximate surface area is 221 Å². The Bertz CT molecular complexity index is 506. The first kappa shape index (κ1) is 34.3. The number of rotatable bonds is 23. The van der Waals surface area contributed by atoms with Crippen LogP contribution in [0.5, 0.6) is 0 Å². The molecule has 0 fully saturated rings. The van der Waals surface area contributed by atoms with Crippen molar-refractivity contribution in [3.05, 3.63) is 35.9 Å². The average molecular weight is 509 g/mol. The molecule has 0 radical (unpaired) electrons. The molecule has 1 aromatic rings. The van der Waals surface area contributed by atoms with Gasteiger partial charge in [-0.15, -0.1) is 0 Å². The van der Waals surface area contributed by atoms with Crippen LogP contribution < -0.4 is 0 Å². The number of benzene rings is 1. The Morgan fingerprint density at radius 1 is 0.486 bits per heavy atom. The highest BCUT2D eigenvalue weighted by molar-refractivity contribution is 6.60. The van der Waals surface area contributed by atoms with Crippen molar-refractivity contribution in [2.45, 2.75) is 143 Å². The van der Waals surface area contributed by atoms with E-state index in [0.29, 0.717) is 19.8 Å². The summed E-state index contributed by atoms with van der Waals surface area (Å²) in [5, 5.41) is 0. The largest absolute Gasteiger partial charge is 0.500 e. The standard InChI is InChI=1S/C24H52O3Si.C7H8/c1-5-9-10-11-12-13-14-15-16-17-18-19-20-21-22-23-24-28(25-6-2,26-7-3)27-8-4;1-7-5-3-2-4-6-7/h5-24H2,1-4H3;2-6H,1H3. The van der Waals surface area contributed by atoms with Crippen molar-refractivity contribution >= 4 is 8.80 Å². The van der Waals surface area contributed by atoms with E-state index in [-0.39, 0.29) is 0 Å². The lowest BCUT2D eigenvalue weighted by molar-refractivity contribution is 0.0706. The molecule has 0 spiro atoms. The van der Waals surface area contributed by atoms with Crippen LogP contribution in [0.25, 0.3) is 0 Å². The van der Waals surface area contributed by atoms with Gasteiger partial charge in [-0.25, -0.2) is 0 Å². The molecule has 0 N–H and O–H groups in total. The second-order valence-electron chi connectivity index (χ2n) is 9.69. The first-order valence-corrected chi connectivity index (χ1v) is 17.0. The van der Waals surface area contributed by atoms with Crippen LogP contribution in [-0.4, -0.2) is 28.6 Å². The van der Waals surface area contributed by atoms with Crippen molar-refractivity contribution in [1.82, 2.24) is 0 Å². The lowest BCUT2D eigenvalue weighted by atomic mass is 10.0. The van der Waals surface area contributed by atoms with E-state index < -0.39 is 8.80 Å². The molecule has 3 nitrogen and oxygen atoms in total. The van der Waals surface area contributed by atoms with E-state index in [1.807, 2.05) is 39.0 Å². The molecule has 206 valence electrons. The van der Waals surface area contributed by atoms with Crippen LogP contribution in [0, 0.1) is 6.92 Å². The SMILES string of the molecule is CCCCCCCCCCCCCCCCCC[Si](OCC)(OCC)OCC.Cc1ccccc1. The Morgan fingerprint density at radius 2 is 0.829 bits per heavy atom. The van der Waals surface area contributed by atoms with Gasteiger partial charge in [-0.05, 0) is 34.1 Å². The number of hydrogen-bond donors (Lipinski definition) is 0. The summed E-state index contributed by atoms with van der Waals surface area (Å²) in [5.41, 5.74) is 1.32. The minimum Gasteiger partial charge on any atom is -0.374 e. The third kappa shape index (κ3) is 22.3. The van der Waals surface area contributed by atoms with Crippen LogP contribution in [-0.2, 0) is 13.3 Å². The van der Waals surface area contributed by atoms with E-state index in [9.17, 15) is 0 Å². The molecule has 1 rings (SSSR count). The van der Waals surface area contributed by atoms with Gasteiger partial charge in [0.2, 0.25) is 0 Å². The number of hydrogen-bond acceptors (Lipinski definition) is 3. The molecule has 0 unspecified atom stereocenters. The van der Waals surface area contributed by atoms with E-state index in [0.717, 1.165) is 6.04 Å². The molecule has 0 saturated carbocycles. The van der Waals surface area contributed by atoms with Crippen LogP contribution in [0.1, 0.15) is 136 Å². The second kappa shape index (κ2) is 26.4. The molecule has 4 heteroatoms. The van der Waals surface area contributed by atoms with E-state index in [1.54, 1.807) is 0 Å². The summed E-state index contributed by atoms with van der Waals surface area (Å²) in [5.74, 6) is 0. The van der Waals surface area contributed by atoms with Crippen molar-refractivity contribution in [3.8, 4) is 0 Å². The van der Waals surface area contributed by atoms with Gasteiger partial charge >= 0.3 is 8.80 Å². The zero-order chi connectivity index (χ0) is 25.9. The monoisotopic (exact) mass is 508 g/mol. The summed E-state index contributed by atoms with van der Waals surface area (Å²) >= 11 is 0. The molecular formula is C31H60O3Si. The smallest absolute Gasteiger partial charge is 0.374 e. The van der Waals surface area contributed by atoms with Crippen molar-refractivity contribution in [1.29, 1.82) is 0 Å². The molecular weight excluding hydrogens is 448 g/mol. The van der Waals surface area contributed by atoms with Gasteiger partial charge in [0.25, 0.3) is 0 Å². The zero-order valence-corrected chi connectivity index (χ0v) is 25.3. The summed E-state index contributed by atoms with van der Waals surface area (Å²) in [6.07, 6.45) is 22.4. The summed E-state index contributed by atoms with van der Waals surface area (Å²) < 4.78 is 17.8. The third-order valence-electron chi connectivity index (χ3n) is 6.37. The van der Waals surface area contributed by atoms with Crippen LogP contribution in [0.3, 0.4) is 0 Å². The van der Waals surface area contributed by atoms with Gasteiger partial charge in [-0.3, -0.25) is 0 Å². The molecule has 0 aromatic heterocycles. The fourth-order valence-corrected chi connectivity index (χ4v) is 7.11. The van der Waals surface area contributed by atoms with Crippen LogP contribution in [0.15, 0.2) is 30.3 Å². The second-order valence-corrected chi connectivity index (χ2v) is 12.4. The van der Waals surface area contributed by atoms with Crippen molar-refractivity contribution < 1.29 is 13.3 Å². The molecule has 0 aliphatic rings. The first-order valence-electron chi connectivity index (χ1n) is 15.1. The van der Waals surface area contributed by atoms with E-state index in [1.165, 1.54) is 108 Å². The Kier molecular flexibility index (Phi) is 25.9. The van der Waals surface area contributed by atoms with Gasteiger partial charge in [-0.2, -0.15) is 0 Å². The maximum Gasteiger partial charge on any atom is 0.500 e. The summed E-state index contributed by atoms with van der Waals surface area (Å²) in [6, 6.07) is 11.2. The fourth-order valence-electron chi connectivity index (χ4n) is 4.43. The van der Waals surface area contributed by atoms with E-state index in [4.69, 9.17) is 13.3 Å². The quantitative estimate of drug-likeness (QED) is 0.109. The van der Waals surface area contributed by atoms with E-state index >= 15 is 0 Å². The third-order valence-corrected chi connectivity index (χ3v) is 9.52. The maximum atomic E-state index is 5.93. The normalized spacial score (nSPS) is 11.3.